The van der Waals surface area contributed by atoms with E-state index in [1.54, 1.807) is 18.3 Å². The van der Waals surface area contributed by atoms with Crippen molar-refractivity contribution in [2.75, 3.05) is 13.1 Å². The van der Waals surface area contributed by atoms with E-state index in [1.807, 2.05) is 18.7 Å². The van der Waals surface area contributed by atoms with Gasteiger partial charge in [-0.25, -0.2) is 0 Å². The molecule has 1 aliphatic rings. The van der Waals surface area contributed by atoms with Crippen LogP contribution in [-0.4, -0.2) is 44.6 Å². The first kappa shape index (κ1) is 16.3. The van der Waals surface area contributed by atoms with Crippen molar-refractivity contribution in [2.45, 2.75) is 38.7 Å². The van der Waals surface area contributed by atoms with Crippen LogP contribution in [0.2, 0.25) is 5.02 Å². The number of hydrogen-bond acceptors (Lipinski definition) is 3. The average Bonchev–Trinajstić information content (AvgIpc) is 2.88. The number of halogens is 1. The maximum Gasteiger partial charge on any atom is 0.270 e. The summed E-state index contributed by atoms with van der Waals surface area (Å²) in [6, 6.07) is 3.55. The molecule has 6 heteroatoms. The van der Waals surface area contributed by atoms with E-state index in [0.29, 0.717) is 16.6 Å². The van der Waals surface area contributed by atoms with Gasteiger partial charge in [0.2, 0.25) is 0 Å². The molecule has 3 rings (SSSR count). The molecule has 3 heterocycles. The number of likely N-dealkylation sites (tertiary alicyclic amines) is 1. The van der Waals surface area contributed by atoms with Crippen molar-refractivity contribution in [3.05, 3.63) is 29.0 Å². The van der Waals surface area contributed by atoms with Crippen molar-refractivity contribution in [1.82, 2.24) is 14.9 Å². The number of nitrogens with one attached hydrogen (secondary N) is 1. The van der Waals surface area contributed by atoms with Crippen molar-refractivity contribution in [2.24, 2.45) is 5.92 Å². The van der Waals surface area contributed by atoms with Crippen LogP contribution in [0.25, 0.3) is 11.0 Å². The Morgan fingerprint density at radius 2 is 2.13 bits per heavy atom. The average molecular weight is 336 g/mol. The van der Waals surface area contributed by atoms with E-state index in [-0.39, 0.29) is 5.91 Å². The highest BCUT2D eigenvalue weighted by Crippen LogP contribution is 2.27. The van der Waals surface area contributed by atoms with Gasteiger partial charge in [0.05, 0.1) is 21.7 Å². The first-order valence-electron chi connectivity index (χ1n) is 7.98. The number of fused-ring (bicyclic) bond motifs is 1. The molecule has 2 aromatic rings. The van der Waals surface area contributed by atoms with Crippen LogP contribution in [0.5, 0.6) is 0 Å². The molecule has 0 aromatic carbocycles. The van der Waals surface area contributed by atoms with Gasteiger partial charge in [-0.1, -0.05) is 11.6 Å². The van der Waals surface area contributed by atoms with E-state index < -0.39 is 5.60 Å². The van der Waals surface area contributed by atoms with Crippen molar-refractivity contribution in [3.63, 3.8) is 0 Å². The second-order valence-electron chi connectivity index (χ2n) is 7.02. The molecule has 0 bridgehead atoms. The van der Waals surface area contributed by atoms with Gasteiger partial charge in [-0.15, -0.1) is 0 Å². The molecule has 1 aliphatic heterocycles. The number of amides is 1. The number of aliphatic hydroxyl groups is 1. The number of H-pyrrole nitrogens is 1. The number of piperidine rings is 1. The Morgan fingerprint density at radius 1 is 1.43 bits per heavy atom. The molecular formula is C17H22ClN3O2. The number of carbonyl (C=O) groups excluding carboxylic acids is 1. The summed E-state index contributed by atoms with van der Waals surface area (Å²) in [5, 5.41) is 10.5. The normalized spacial score (nSPS) is 17.0. The van der Waals surface area contributed by atoms with Gasteiger partial charge in [-0.05, 0) is 51.2 Å². The molecule has 1 fully saturated rings. The Morgan fingerprint density at radius 3 is 2.78 bits per heavy atom. The van der Waals surface area contributed by atoms with E-state index in [4.69, 9.17) is 11.6 Å². The highest BCUT2D eigenvalue weighted by molar-refractivity contribution is 6.31. The molecule has 0 aliphatic carbocycles. The lowest BCUT2D eigenvalue weighted by atomic mass is 9.86. The van der Waals surface area contributed by atoms with Crippen LogP contribution in [0.3, 0.4) is 0 Å². The summed E-state index contributed by atoms with van der Waals surface area (Å²) < 4.78 is 0. The van der Waals surface area contributed by atoms with Crippen LogP contribution < -0.4 is 0 Å². The minimum Gasteiger partial charge on any atom is -0.390 e. The summed E-state index contributed by atoms with van der Waals surface area (Å²) in [6.07, 6.45) is 4.22. The second-order valence-corrected chi connectivity index (χ2v) is 7.46. The third-order valence-electron chi connectivity index (χ3n) is 4.36. The smallest absolute Gasteiger partial charge is 0.270 e. The summed E-state index contributed by atoms with van der Waals surface area (Å²) in [5.41, 5.74) is 1.43. The van der Waals surface area contributed by atoms with E-state index in [9.17, 15) is 9.90 Å². The first-order chi connectivity index (χ1) is 10.8. The fourth-order valence-electron chi connectivity index (χ4n) is 3.32. The maximum absolute atomic E-state index is 12.6. The van der Waals surface area contributed by atoms with Crippen LogP contribution in [0, 0.1) is 5.92 Å². The molecule has 2 aromatic heterocycles. The number of pyridine rings is 1. The molecule has 0 spiro atoms. The van der Waals surface area contributed by atoms with Crippen LogP contribution in [0.1, 0.15) is 43.6 Å². The molecule has 0 unspecified atom stereocenters. The van der Waals surface area contributed by atoms with Gasteiger partial charge in [-0.2, -0.15) is 0 Å². The third kappa shape index (κ3) is 3.85. The molecule has 5 nitrogen and oxygen atoms in total. The van der Waals surface area contributed by atoms with E-state index in [0.717, 1.165) is 43.4 Å². The minimum atomic E-state index is -0.640. The molecule has 124 valence electrons. The number of hydrogen-bond donors (Lipinski definition) is 2. The summed E-state index contributed by atoms with van der Waals surface area (Å²) >= 11 is 5.93. The van der Waals surface area contributed by atoms with Gasteiger partial charge in [0, 0.05) is 19.3 Å². The van der Waals surface area contributed by atoms with Gasteiger partial charge in [0.1, 0.15) is 5.69 Å². The van der Waals surface area contributed by atoms with Gasteiger partial charge < -0.3 is 15.0 Å². The molecular weight excluding hydrogens is 314 g/mol. The Hall–Kier alpha value is -1.59. The van der Waals surface area contributed by atoms with E-state index in [2.05, 4.69) is 9.97 Å². The topological polar surface area (TPSA) is 69.2 Å². The van der Waals surface area contributed by atoms with Crippen LogP contribution in [0.4, 0.5) is 0 Å². The lowest BCUT2D eigenvalue weighted by molar-refractivity contribution is 0.0357. The SMILES string of the molecule is CC(C)(O)CC1CCN(C(=O)c2cc3ncc(Cl)cc3[nH]2)CC1. The van der Waals surface area contributed by atoms with Crippen LogP contribution in [-0.2, 0) is 0 Å². The standard InChI is InChI=1S/C17H22ClN3O2/c1-17(2,23)9-11-3-5-21(6-4-11)16(22)15-8-13-14(20-15)7-12(18)10-19-13/h7-8,10-11,20,23H,3-6,9H2,1-2H3. The first-order valence-corrected chi connectivity index (χ1v) is 8.35. The van der Waals surface area contributed by atoms with Gasteiger partial charge in [-0.3, -0.25) is 9.78 Å². The largest absolute Gasteiger partial charge is 0.390 e. The fraction of sp³-hybridized carbons (Fsp3) is 0.529. The van der Waals surface area contributed by atoms with Gasteiger partial charge in [0.15, 0.2) is 0 Å². The predicted octanol–water partition coefficient (Wildman–Crippen LogP) is 3.23. The van der Waals surface area contributed by atoms with E-state index in [1.165, 1.54) is 0 Å². The summed E-state index contributed by atoms with van der Waals surface area (Å²) in [5.74, 6) is 0.475. The molecule has 23 heavy (non-hydrogen) atoms. The number of aromatic amines is 1. The quantitative estimate of drug-likeness (QED) is 0.904. The number of carbonyl (C=O) groups is 1. The van der Waals surface area contributed by atoms with E-state index >= 15 is 0 Å². The molecule has 1 amide bonds. The summed E-state index contributed by atoms with van der Waals surface area (Å²) in [4.78, 5) is 21.8. The molecule has 0 saturated carbocycles. The van der Waals surface area contributed by atoms with Crippen molar-refractivity contribution < 1.29 is 9.90 Å². The van der Waals surface area contributed by atoms with Crippen molar-refractivity contribution in [3.8, 4) is 0 Å². The van der Waals surface area contributed by atoms with Crippen LogP contribution >= 0.6 is 11.6 Å². The highest BCUT2D eigenvalue weighted by Gasteiger charge is 2.28. The maximum atomic E-state index is 12.6. The van der Waals surface area contributed by atoms with Gasteiger partial charge in [0.25, 0.3) is 5.91 Å². The zero-order chi connectivity index (χ0) is 16.6. The Balaban J connectivity index is 1.66. The zero-order valence-electron chi connectivity index (χ0n) is 13.5. The summed E-state index contributed by atoms with van der Waals surface area (Å²) in [6.45, 7) is 5.13. The van der Waals surface area contributed by atoms with Gasteiger partial charge >= 0.3 is 0 Å². The monoisotopic (exact) mass is 335 g/mol. The molecule has 0 radical (unpaired) electrons. The predicted molar refractivity (Wildman–Crippen MR) is 90.6 cm³/mol. The Labute approximate surface area is 140 Å². The van der Waals surface area contributed by atoms with Crippen LogP contribution in [0.15, 0.2) is 18.3 Å². The molecule has 0 atom stereocenters. The third-order valence-corrected chi connectivity index (χ3v) is 4.56. The minimum absolute atomic E-state index is 0.000770. The van der Waals surface area contributed by atoms with Crippen molar-refractivity contribution >= 4 is 28.5 Å². The Bertz CT molecular complexity index is 712. The molecule has 2 N–H and O–H groups in total. The number of aromatic nitrogens is 2. The summed E-state index contributed by atoms with van der Waals surface area (Å²) in [7, 11) is 0. The second kappa shape index (κ2) is 6.13. The highest BCUT2D eigenvalue weighted by atomic mass is 35.5. The molecule has 1 saturated heterocycles. The zero-order valence-corrected chi connectivity index (χ0v) is 14.2. The Kier molecular flexibility index (Phi) is 4.34. The fourth-order valence-corrected chi connectivity index (χ4v) is 3.47. The lowest BCUT2D eigenvalue weighted by Crippen LogP contribution is -2.40. The number of rotatable bonds is 3. The van der Waals surface area contributed by atoms with Crippen molar-refractivity contribution in [1.29, 1.82) is 0 Å². The number of nitrogens with zero attached hydrogens (tertiary/aromatic N) is 2. The lowest BCUT2D eigenvalue weighted by Gasteiger charge is -2.34.